The Bertz CT molecular complexity index is 284. The van der Waals surface area contributed by atoms with Crippen molar-refractivity contribution in [2.24, 2.45) is 0 Å². The van der Waals surface area contributed by atoms with E-state index in [-0.39, 0.29) is 0 Å². The number of aryl methyl sites for hydroxylation is 1. The Kier molecular flexibility index (Phi) is 3.34. The molecule has 14 heavy (non-hydrogen) atoms. The van der Waals surface area contributed by atoms with Gasteiger partial charge in [-0.3, -0.25) is 0 Å². The van der Waals surface area contributed by atoms with Gasteiger partial charge in [0.15, 0.2) is 0 Å². The van der Waals surface area contributed by atoms with Crippen molar-refractivity contribution in [1.82, 2.24) is 4.98 Å². The first-order valence-electron chi connectivity index (χ1n) is 5.09. The van der Waals surface area contributed by atoms with Gasteiger partial charge in [-0.25, -0.2) is 4.98 Å². The van der Waals surface area contributed by atoms with Crippen LogP contribution in [0.25, 0.3) is 0 Å². The van der Waals surface area contributed by atoms with E-state index in [1.54, 1.807) is 11.3 Å². The molecular formula is C10H16N2S2. The normalized spacial score (nSPS) is 17.8. The predicted octanol–water partition coefficient (Wildman–Crippen LogP) is 3.21. The zero-order valence-corrected chi connectivity index (χ0v) is 10.1. The number of nitrogen functional groups attached to an aromatic ring is 1. The Morgan fingerprint density at radius 3 is 2.79 bits per heavy atom. The Balaban J connectivity index is 1.85. The van der Waals surface area contributed by atoms with Gasteiger partial charge in [-0.1, -0.05) is 12.8 Å². The van der Waals surface area contributed by atoms with Crippen molar-refractivity contribution in [3.05, 3.63) is 9.88 Å². The lowest BCUT2D eigenvalue weighted by molar-refractivity contribution is 0.886. The highest BCUT2D eigenvalue weighted by molar-refractivity contribution is 7.99. The van der Waals surface area contributed by atoms with Gasteiger partial charge in [-0.05, 0) is 19.8 Å². The first-order chi connectivity index (χ1) is 6.75. The lowest BCUT2D eigenvalue weighted by Crippen LogP contribution is -1.94. The number of thiazole rings is 1. The van der Waals surface area contributed by atoms with Gasteiger partial charge in [0.2, 0.25) is 0 Å². The molecule has 1 saturated carbocycles. The van der Waals surface area contributed by atoms with Crippen LogP contribution >= 0.6 is 23.1 Å². The summed E-state index contributed by atoms with van der Waals surface area (Å²) in [5, 5.41) is 2.07. The number of aromatic nitrogens is 1. The minimum Gasteiger partial charge on any atom is -0.383 e. The molecule has 1 aliphatic rings. The highest BCUT2D eigenvalue weighted by Gasteiger charge is 2.16. The molecule has 0 aromatic carbocycles. The van der Waals surface area contributed by atoms with Crippen LogP contribution in [0.3, 0.4) is 0 Å². The minimum atomic E-state index is 0.719. The molecular weight excluding hydrogens is 212 g/mol. The number of anilines is 1. The fourth-order valence-electron chi connectivity index (χ4n) is 1.77. The summed E-state index contributed by atoms with van der Waals surface area (Å²) in [4.78, 5) is 5.51. The van der Waals surface area contributed by atoms with E-state index >= 15 is 0 Å². The molecule has 1 fully saturated rings. The quantitative estimate of drug-likeness (QED) is 0.863. The Labute approximate surface area is 93.3 Å². The van der Waals surface area contributed by atoms with E-state index in [0.717, 1.165) is 21.7 Å². The molecule has 1 aromatic heterocycles. The van der Waals surface area contributed by atoms with Crippen molar-refractivity contribution in [1.29, 1.82) is 0 Å². The van der Waals surface area contributed by atoms with Crippen molar-refractivity contribution in [2.75, 3.05) is 5.73 Å². The summed E-state index contributed by atoms with van der Waals surface area (Å²) < 4.78 is 0. The van der Waals surface area contributed by atoms with Crippen LogP contribution in [0.4, 0.5) is 5.82 Å². The molecule has 1 aromatic rings. The smallest absolute Gasteiger partial charge is 0.137 e. The largest absolute Gasteiger partial charge is 0.383 e. The van der Waals surface area contributed by atoms with Gasteiger partial charge in [0.05, 0.1) is 0 Å². The summed E-state index contributed by atoms with van der Waals surface area (Å²) in [6, 6.07) is 0. The molecule has 0 atom stereocenters. The van der Waals surface area contributed by atoms with Gasteiger partial charge in [0.1, 0.15) is 10.8 Å². The molecule has 2 nitrogen and oxygen atoms in total. The SMILES string of the molecule is Cc1sc(CSC2CCCC2)nc1N. The van der Waals surface area contributed by atoms with E-state index in [0.29, 0.717) is 0 Å². The number of nitrogens with two attached hydrogens (primary N) is 1. The highest BCUT2D eigenvalue weighted by Crippen LogP contribution is 2.33. The van der Waals surface area contributed by atoms with E-state index in [9.17, 15) is 0 Å². The Morgan fingerprint density at radius 2 is 2.21 bits per heavy atom. The van der Waals surface area contributed by atoms with Crippen molar-refractivity contribution in [3.8, 4) is 0 Å². The lowest BCUT2D eigenvalue weighted by atomic mass is 10.4. The third-order valence-electron chi connectivity index (χ3n) is 2.62. The molecule has 0 bridgehead atoms. The topological polar surface area (TPSA) is 38.9 Å². The first-order valence-corrected chi connectivity index (χ1v) is 6.95. The second kappa shape index (κ2) is 4.53. The average Bonchev–Trinajstić information content (AvgIpc) is 2.74. The lowest BCUT2D eigenvalue weighted by Gasteiger charge is -2.05. The Morgan fingerprint density at radius 1 is 1.50 bits per heavy atom. The molecule has 78 valence electrons. The molecule has 0 saturated heterocycles. The number of rotatable bonds is 3. The summed E-state index contributed by atoms with van der Waals surface area (Å²) in [5.41, 5.74) is 5.71. The molecule has 2 rings (SSSR count). The summed E-state index contributed by atoms with van der Waals surface area (Å²) in [6.07, 6.45) is 5.61. The van der Waals surface area contributed by atoms with Crippen LogP contribution in [0.1, 0.15) is 35.6 Å². The summed E-state index contributed by atoms with van der Waals surface area (Å²) in [6.45, 7) is 2.04. The molecule has 0 spiro atoms. The maximum absolute atomic E-state index is 5.71. The van der Waals surface area contributed by atoms with Gasteiger partial charge in [0.25, 0.3) is 0 Å². The van der Waals surface area contributed by atoms with Crippen LogP contribution in [0.15, 0.2) is 0 Å². The maximum atomic E-state index is 5.71. The van der Waals surface area contributed by atoms with E-state index < -0.39 is 0 Å². The molecule has 1 aliphatic carbocycles. The second-order valence-corrected chi connectivity index (χ2v) is 6.34. The summed E-state index contributed by atoms with van der Waals surface area (Å²) in [7, 11) is 0. The van der Waals surface area contributed by atoms with Crippen LogP contribution in [-0.2, 0) is 5.75 Å². The van der Waals surface area contributed by atoms with Gasteiger partial charge < -0.3 is 5.73 Å². The monoisotopic (exact) mass is 228 g/mol. The third kappa shape index (κ3) is 2.42. The van der Waals surface area contributed by atoms with Gasteiger partial charge in [-0.15, -0.1) is 11.3 Å². The zero-order valence-electron chi connectivity index (χ0n) is 8.45. The van der Waals surface area contributed by atoms with E-state index in [1.807, 2.05) is 6.92 Å². The molecule has 0 unspecified atom stereocenters. The number of hydrogen-bond donors (Lipinski definition) is 1. The molecule has 0 radical (unpaired) electrons. The molecule has 0 amide bonds. The summed E-state index contributed by atoms with van der Waals surface area (Å²) in [5.74, 6) is 1.77. The molecule has 1 heterocycles. The average molecular weight is 228 g/mol. The standard InChI is InChI=1S/C10H16N2S2/c1-7-10(11)12-9(14-7)6-13-8-4-2-3-5-8/h8H,2-6,11H2,1H3. The van der Waals surface area contributed by atoms with Crippen LogP contribution in [0.5, 0.6) is 0 Å². The first kappa shape index (κ1) is 10.3. The number of thioether (sulfide) groups is 1. The van der Waals surface area contributed by atoms with Gasteiger partial charge >= 0.3 is 0 Å². The van der Waals surface area contributed by atoms with Crippen LogP contribution < -0.4 is 5.73 Å². The van der Waals surface area contributed by atoms with E-state index in [4.69, 9.17) is 5.73 Å². The second-order valence-electron chi connectivity index (χ2n) is 3.77. The third-order valence-corrected chi connectivity index (χ3v) is 5.17. The van der Waals surface area contributed by atoms with Gasteiger partial charge in [-0.2, -0.15) is 11.8 Å². The van der Waals surface area contributed by atoms with Gasteiger partial charge in [0, 0.05) is 15.9 Å². The highest BCUT2D eigenvalue weighted by atomic mass is 32.2. The van der Waals surface area contributed by atoms with Crippen LogP contribution in [-0.4, -0.2) is 10.2 Å². The van der Waals surface area contributed by atoms with Crippen LogP contribution in [0, 0.1) is 6.92 Å². The zero-order chi connectivity index (χ0) is 9.97. The number of nitrogens with zero attached hydrogens (tertiary/aromatic N) is 1. The van der Waals surface area contributed by atoms with Crippen LogP contribution in [0.2, 0.25) is 0 Å². The molecule has 2 N–H and O–H groups in total. The van der Waals surface area contributed by atoms with Crippen molar-refractivity contribution < 1.29 is 0 Å². The van der Waals surface area contributed by atoms with Crippen molar-refractivity contribution >= 4 is 28.9 Å². The molecule has 4 heteroatoms. The molecule has 0 aliphatic heterocycles. The van der Waals surface area contributed by atoms with Crippen molar-refractivity contribution in [3.63, 3.8) is 0 Å². The Hall–Kier alpha value is -0.220. The number of hydrogen-bond acceptors (Lipinski definition) is 4. The minimum absolute atomic E-state index is 0.719. The van der Waals surface area contributed by atoms with E-state index in [2.05, 4.69) is 16.7 Å². The maximum Gasteiger partial charge on any atom is 0.137 e. The predicted molar refractivity (Wildman–Crippen MR) is 64.8 cm³/mol. The fourth-order valence-corrected chi connectivity index (χ4v) is 3.97. The fraction of sp³-hybridized carbons (Fsp3) is 0.700. The van der Waals surface area contributed by atoms with E-state index in [1.165, 1.54) is 30.7 Å². The van der Waals surface area contributed by atoms with Crippen molar-refractivity contribution in [2.45, 2.75) is 43.6 Å². The summed E-state index contributed by atoms with van der Waals surface area (Å²) >= 11 is 3.79.